The fraction of sp³-hybridized carbons (Fsp3) is 0.562. The molecule has 0 aliphatic heterocycles. The summed E-state index contributed by atoms with van der Waals surface area (Å²) >= 11 is 2.13. The molecule has 1 unspecified atom stereocenters. The molecule has 0 aliphatic carbocycles. The molecule has 120 valence electrons. The third-order valence-electron chi connectivity index (χ3n) is 2.64. The van der Waals surface area contributed by atoms with Crippen LogP contribution in [0.25, 0.3) is 0 Å². The van der Waals surface area contributed by atoms with Gasteiger partial charge in [-0.15, -0.1) is 0 Å². The van der Waals surface area contributed by atoms with Crippen LogP contribution in [0.2, 0.25) is 0 Å². The monoisotopic (exact) mass is 407 g/mol. The fourth-order valence-corrected chi connectivity index (χ4v) is 2.15. The quantitative estimate of drug-likeness (QED) is 0.528. The van der Waals surface area contributed by atoms with Gasteiger partial charge in [0, 0.05) is 11.6 Å². The van der Waals surface area contributed by atoms with Crippen molar-refractivity contribution in [1.29, 1.82) is 0 Å². The van der Waals surface area contributed by atoms with Crippen LogP contribution in [0.3, 0.4) is 0 Å². The number of halogens is 1. The maximum atomic E-state index is 11.6. The van der Waals surface area contributed by atoms with Gasteiger partial charge in [-0.3, -0.25) is 5.32 Å². The Hall–Kier alpha value is -0.820. The summed E-state index contributed by atoms with van der Waals surface area (Å²) in [4.78, 5) is 11.6. The molecule has 0 saturated heterocycles. The molecule has 0 aromatic carbocycles. The molecule has 1 amide bonds. The van der Waals surface area contributed by atoms with E-state index in [1.54, 1.807) is 19.1 Å². The third-order valence-corrected chi connectivity index (χ3v) is 3.05. The van der Waals surface area contributed by atoms with Gasteiger partial charge in [0.1, 0.15) is 5.60 Å². The van der Waals surface area contributed by atoms with E-state index in [1.165, 1.54) is 0 Å². The smallest absolute Gasteiger partial charge is 0.411 e. The highest BCUT2D eigenvalue weighted by Crippen LogP contribution is 2.14. The van der Waals surface area contributed by atoms with Crippen LogP contribution in [-0.2, 0) is 4.74 Å². The molecular formula is C16H26INO3. The normalized spacial score (nSPS) is 16.8. The van der Waals surface area contributed by atoms with Gasteiger partial charge in [-0.1, -0.05) is 41.7 Å². The maximum absolute atomic E-state index is 11.6. The van der Waals surface area contributed by atoms with Crippen molar-refractivity contribution >= 4 is 28.7 Å². The van der Waals surface area contributed by atoms with Crippen LogP contribution in [0.1, 0.15) is 41.5 Å². The van der Waals surface area contributed by atoms with Crippen LogP contribution in [-0.4, -0.2) is 22.9 Å². The minimum Gasteiger partial charge on any atom is -0.444 e. The van der Waals surface area contributed by atoms with E-state index in [9.17, 15) is 9.90 Å². The van der Waals surface area contributed by atoms with Crippen molar-refractivity contribution in [2.75, 3.05) is 0 Å². The molecule has 0 radical (unpaired) electrons. The van der Waals surface area contributed by atoms with Gasteiger partial charge in [-0.2, -0.15) is 0 Å². The summed E-state index contributed by atoms with van der Waals surface area (Å²) < 4.78 is 7.05. The van der Waals surface area contributed by atoms with Crippen molar-refractivity contribution in [3.63, 3.8) is 0 Å². The minimum atomic E-state index is -0.540. The van der Waals surface area contributed by atoms with Crippen LogP contribution in [0.5, 0.6) is 0 Å². The molecule has 21 heavy (non-hydrogen) atoms. The highest BCUT2D eigenvalue weighted by atomic mass is 127. The second-order valence-electron chi connectivity index (χ2n) is 6.01. The van der Waals surface area contributed by atoms with Gasteiger partial charge in [0.05, 0.1) is 6.10 Å². The van der Waals surface area contributed by atoms with Crippen molar-refractivity contribution in [2.45, 2.75) is 53.2 Å². The number of rotatable bonds is 5. The molecule has 0 spiro atoms. The number of aliphatic hydroxyl groups excluding tert-OH is 1. The summed E-state index contributed by atoms with van der Waals surface area (Å²) in [5.41, 5.74) is 0.975. The fourth-order valence-electron chi connectivity index (χ4n) is 1.50. The average Bonchev–Trinajstić information content (AvgIpc) is 2.32. The number of carbonyl (C=O) groups excluding carboxylic acids is 1. The van der Waals surface area contributed by atoms with E-state index in [-0.39, 0.29) is 5.92 Å². The molecule has 5 heteroatoms. The van der Waals surface area contributed by atoms with Crippen LogP contribution in [0, 0.1) is 5.92 Å². The Bertz CT molecular complexity index is 433. The summed E-state index contributed by atoms with van der Waals surface area (Å²) in [6.45, 7) is 11.0. The van der Waals surface area contributed by atoms with Crippen molar-refractivity contribution in [3.05, 3.63) is 33.6 Å². The maximum Gasteiger partial charge on any atom is 0.411 e. The van der Waals surface area contributed by atoms with E-state index >= 15 is 0 Å². The number of alkyl carbamates (subject to hydrolysis) is 1. The lowest BCUT2D eigenvalue weighted by Gasteiger charge is -2.19. The molecule has 2 N–H and O–H groups in total. The number of allylic oxidation sites excluding steroid dienone is 3. The Balaban J connectivity index is 4.63. The zero-order valence-electron chi connectivity index (χ0n) is 13.6. The lowest BCUT2D eigenvalue weighted by atomic mass is 9.98. The first-order chi connectivity index (χ1) is 9.56. The predicted octanol–water partition coefficient (Wildman–Crippen LogP) is 4.31. The SMILES string of the molecule is C/C(=C\C=C(/C)[C@@H](O)C(C)/C=C\I)NC(=O)OC(C)(C)C. The summed E-state index contributed by atoms with van der Waals surface area (Å²) in [5.74, 6) is 0.0469. The molecule has 0 aliphatic rings. The predicted molar refractivity (Wildman–Crippen MR) is 95.2 cm³/mol. The molecule has 0 fully saturated rings. The zero-order chi connectivity index (χ0) is 16.6. The van der Waals surface area contributed by atoms with Crippen LogP contribution in [0.4, 0.5) is 4.79 Å². The highest BCUT2D eigenvalue weighted by molar-refractivity contribution is 14.1. The number of ether oxygens (including phenoxy) is 1. The van der Waals surface area contributed by atoms with Crippen LogP contribution < -0.4 is 5.32 Å². The molecule has 0 heterocycles. The Labute approximate surface area is 141 Å². The standard InChI is InChI=1S/C16H26INO3/c1-11(14(19)12(2)9-10-17)7-8-13(3)18-15(20)21-16(4,5)6/h7-10,12,14,19H,1-6H3,(H,18,20)/b10-9-,11-7+,13-8+/t12?,14-/m1/s1. The number of hydrogen-bond acceptors (Lipinski definition) is 3. The van der Waals surface area contributed by atoms with Gasteiger partial charge in [0.25, 0.3) is 0 Å². The first-order valence-corrected chi connectivity index (χ1v) is 8.11. The molecule has 0 aromatic heterocycles. The summed E-state index contributed by atoms with van der Waals surface area (Å²) in [7, 11) is 0. The molecule has 0 saturated carbocycles. The second kappa shape index (κ2) is 9.25. The topological polar surface area (TPSA) is 58.6 Å². The Kier molecular flexibility index (Phi) is 8.89. The number of carbonyl (C=O) groups is 1. The molecular weight excluding hydrogens is 381 g/mol. The van der Waals surface area contributed by atoms with Crippen molar-refractivity contribution in [1.82, 2.24) is 5.32 Å². The first-order valence-electron chi connectivity index (χ1n) is 6.87. The van der Waals surface area contributed by atoms with Gasteiger partial charge >= 0.3 is 6.09 Å². The third kappa shape index (κ3) is 9.68. The van der Waals surface area contributed by atoms with E-state index in [1.807, 2.05) is 44.8 Å². The number of hydrogen-bond donors (Lipinski definition) is 2. The second-order valence-corrected chi connectivity index (χ2v) is 6.73. The van der Waals surface area contributed by atoms with E-state index in [4.69, 9.17) is 4.74 Å². The molecule has 0 rings (SSSR count). The first kappa shape index (κ1) is 20.2. The average molecular weight is 407 g/mol. The van der Waals surface area contributed by atoms with Gasteiger partial charge in [0.2, 0.25) is 0 Å². The Morgan fingerprint density at radius 1 is 1.29 bits per heavy atom. The lowest BCUT2D eigenvalue weighted by molar-refractivity contribution is 0.0546. The summed E-state index contributed by atoms with van der Waals surface area (Å²) in [6, 6.07) is 0. The highest BCUT2D eigenvalue weighted by Gasteiger charge is 2.16. The Morgan fingerprint density at radius 3 is 2.33 bits per heavy atom. The van der Waals surface area contributed by atoms with Gasteiger partial charge in [-0.25, -0.2) is 4.79 Å². The van der Waals surface area contributed by atoms with Crippen LogP contribution in [0.15, 0.2) is 33.6 Å². The summed E-state index contributed by atoms with van der Waals surface area (Å²) in [6.07, 6.45) is 4.47. The molecule has 0 bridgehead atoms. The van der Waals surface area contributed by atoms with Gasteiger partial charge < -0.3 is 9.84 Å². The van der Waals surface area contributed by atoms with Crippen LogP contribution >= 0.6 is 22.6 Å². The lowest BCUT2D eigenvalue weighted by Crippen LogP contribution is -2.31. The van der Waals surface area contributed by atoms with Crippen molar-refractivity contribution in [2.24, 2.45) is 5.92 Å². The Morgan fingerprint density at radius 2 is 1.86 bits per heavy atom. The number of aliphatic hydroxyl groups is 1. The minimum absolute atomic E-state index is 0.0469. The van der Waals surface area contributed by atoms with Gasteiger partial charge in [0.15, 0.2) is 0 Å². The molecule has 2 atom stereocenters. The van der Waals surface area contributed by atoms with Gasteiger partial charge in [-0.05, 0) is 50.4 Å². The largest absolute Gasteiger partial charge is 0.444 e. The molecule has 0 aromatic rings. The molecule has 4 nitrogen and oxygen atoms in total. The van der Waals surface area contributed by atoms with E-state index in [0.717, 1.165) is 5.57 Å². The van der Waals surface area contributed by atoms with E-state index in [2.05, 4.69) is 27.9 Å². The van der Waals surface area contributed by atoms with E-state index < -0.39 is 17.8 Å². The summed E-state index contributed by atoms with van der Waals surface area (Å²) in [5, 5.41) is 12.7. The van der Waals surface area contributed by atoms with E-state index in [0.29, 0.717) is 5.70 Å². The van der Waals surface area contributed by atoms with Crippen molar-refractivity contribution < 1.29 is 14.6 Å². The zero-order valence-corrected chi connectivity index (χ0v) is 15.8. The number of nitrogens with one attached hydrogen (secondary N) is 1. The van der Waals surface area contributed by atoms with Crippen molar-refractivity contribution in [3.8, 4) is 0 Å². The number of amides is 1.